The number of aromatic carboxylic acids is 1. The van der Waals surface area contributed by atoms with Crippen LogP contribution < -0.4 is 5.32 Å². The molecule has 0 saturated heterocycles. The minimum absolute atomic E-state index is 0.180. The highest BCUT2D eigenvalue weighted by Crippen LogP contribution is 2.15. The van der Waals surface area contributed by atoms with Gasteiger partial charge in [0.25, 0.3) is 5.91 Å². The summed E-state index contributed by atoms with van der Waals surface area (Å²) in [6, 6.07) is 1.35. The molecule has 1 aromatic rings. The van der Waals surface area contributed by atoms with Crippen LogP contribution in [0.1, 0.15) is 20.7 Å². The number of carboxylic acids is 1. The molecular formula is C11H11F2NO4. The van der Waals surface area contributed by atoms with Crippen LogP contribution in [0.4, 0.5) is 8.78 Å². The van der Waals surface area contributed by atoms with Crippen LogP contribution in [0.2, 0.25) is 0 Å². The van der Waals surface area contributed by atoms with Crippen LogP contribution in [-0.4, -0.2) is 37.2 Å². The summed E-state index contributed by atoms with van der Waals surface area (Å²) >= 11 is 0. The number of methoxy groups -OCH3 is 1. The van der Waals surface area contributed by atoms with E-state index in [4.69, 9.17) is 5.11 Å². The van der Waals surface area contributed by atoms with E-state index in [9.17, 15) is 18.4 Å². The second-order valence-electron chi connectivity index (χ2n) is 3.37. The Hall–Kier alpha value is -2.02. The third-order valence-electron chi connectivity index (χ3n) is 2.11. The van der Waals surface area contributed by atoms with Crippen LogP contribution in [0.15, 0.2) is 12.1 Å². The monoisotopic (exact) mass is 259 g/mol. The van der Waals surface area contributed by atoms with Crippen molar-refractivity contribution < 1.29 is 28.2 Å². The highest BCUT2D eigenvalue weighted by molar-refractivity contribution is 5.96. The number of benzene rings is 1. The van der Waals surface area contributed by atoms with E-state index in [1.54, 1.807) is 0 Å². The van der Waals surface area contributed by atoms with Gasteiger partial charge in [0.15, 0.2) is 0 Å². The van der Waals surface area contributed by atoms with Crippen molar-refractivity contribution in [2.24, 2.45) is 0 Å². The van der Waals surface area contributed by atoms with Crippen LogP contribution in [0.5, 0.6) is 0 Å². The fourth-order valence-corrected chi connectivity index (χ4v) is 1.28. The van der Waals surface area contributed by atoms with Gasteiger partial charge in [0.2, 0.25) is 0 Å². The quantitative estimate of drug-likeness (QED) is 0.775. The Morgan fingerprint density at radius 2 is 1.89 bits per heavy atom. The summed E-state index contributed by atoms with van der Waals surface area (Å²) in [5.41, 5.74) is -1.37. The first-order chi connectivity index (χ1) is 8.47. The first-order valence-electron chi connectivity index (χ1n) is 4.96. The molecule has 0 heterocycles. The van der Waals surface area contributed by atoms with Gasteiger partial charge in [-0.2, -0.15) is 0 Å². The molecule has 18 heavy (non-hydrogen) atoms. The summed E-state index contributed by atoms with van der Waals surface area (Å²) in [7, 11) is 1.44. The number of hydrogen-bond donors (Lipinski definition) is 2. The van der Waals surface area contributed by atoms with Crippen molar-refractivity contribution in [3.8, 4) is 0 Å². The summed E-state index contributed by atoms with van der Waals surface area (Å²) in [4.78, 5) is 22.0. The van der Waals surface area contributed by atoms with E-state index in [2.05, 4.69) is 10.1 Å². The minimum Gasteiger partial charge on any atom is -0.477 e. The Balaban J connectivity index is 2.92. The molecule has 0 aliphatic rings. The van der Waals surface area contributed by atoms with Crippen molar-refractivity contribution in [2.75, 3.05) is 20.3 Å². The number of hydrogen-bond acceptors (Lipinski definition) is 3. The van der Waals surface area contributed by atoms with Crippen LogP contribution in [0.25, 0.3) is 0 Å². The Labute approximate surface area is 101 Å². The number of halogens is 2. The molecule has 7 heteroatoms. The van der Waals surface area contributed by atoms with E-state index in [1.807, 2.05) is 0 Å². The Morgan fingerprint density at radius 3 is 2.33 bits per heavy atom. The summed E-state index contributed by atoms with van der Waals surface area (Å²) in [6.07, 6.45) is 0. The molecule has 1 rings (SSSR count). The standard InChI is InChI=1S/C11H11F2NO4/c1-18-3-2-14-10(15)6-4-7(12)9(11(16)17)8(13)5-6/h4-5H,2-3H2,1H3,(H,14,15)(H,16,17). The summed E-state index contributed by atoms with van der Waals surface area (Å²) in [5, 5.41) is 10.9. The molecule has 5 nitrogen and oxygen atoms in total. The van der Waals surface area contributed by atoms with E-state index < -0.39 is 29.1 Å². The van der Waals surface area contributed by atoms with Crippen molar-refractivity contribution in [1.29, 1.82) is 0 Å². The summed E-state index contributed by atoms with van der Waals surface area (Å²) < 4.78 is 31.3. The first-order valence-corrected chi connectivity index (χ1v) is 4.96. The van der Waals surface area contributed by atoms with Gasteiger partial charge < -0.3 is 15.2 Å². The smallest absolute Gasteiger partial charge is 0.341 e. The lowest BCUT2D eigenvalue weighted by Crippen LogP contribution is -2.27. The van der Waals surface area contributed by atoms with Crippen molar-refractivity contribution in [1.82, 2.24) is 5.32 Å². The van der Waals surface area contributed by atoms with Gasteiger partial charge in [0, 0.05) is 19.2 Å². The fourth-order valence-electron chi connectivity index (χ4n) is 1.28. The van der Waals surface area contributed by atoms with Gasteiger partial charge in [0.05, 0.1) is 6.61 Å². The Kier molecular flexibility index (Phi) is 4.73. The number of rotatable bonds is 5. The number of carboxylic acid groups (broad SMARTS) is 1. The molecule has 1 aromatic carbocycles. The van der Waals surface area contributed by atoms with E-state index in [-0.39, 0.29) is 18.7 Å². The minimum atomic E-state index is -1.73. The summed E-state index contributed by atoms with van der Waals surface area (Å²) in [5.74, 6) is -5.02. The molecule has 0 spiro atoms. The number of ether oxygens (including phenoxy) is 1. The van der Waals surface area contributed by atoms with Crippen molar-refractivity contribution >= 4 is 11.9 Å². The van der Waals surface area contributed by atoms with Gasteiger partial charge in [-0.25, -0.2) is 13.6 Å². The predicted octanol–water partition coefficient (Wildman–Crippen LogP) is 1.04. The molecule has 0 aromatic heterocycles. The van der Waals surface area contributed by atoms with Crippen molar-refractivity contribution in [3.63, 3.8) is 0 Å². The van der Waals surface area contributed by atoms with E-state index in [0.29, 0.717) is 12.1 Å². The average Bonchev–Trinajstić information content (AvgIpc) is 2.27. The van der Waals surface area contributed by atoms with Gasteiger partial charge in [-0.05, 0) is 12.1 Å². The van der Waals surface area contributed by atoms with E-state index >= 15 is 0 Å². The Morgan fingerprint density at radius 1 is 1.33 bits per heavy atom. The van der Waals surface area contributed by atoms with E-state index in [1.165, 1.54) is 7.11 Å². The van der Waals surface area contributed by atoms with Gasteiger partial charge in [-0.15, -0.1) is 0 Å². The first kappa shape index (κ1) is 14.0. The lowest BCUT2D eigenvalue weighted by atomic mass is 10.1. The lowest BCUT2D eigenvalue weighted by molar-refractivity contribution is 0.0685. The second-order valence-corrected chi connectivity index (χ2v) is 3.37. The second kappa shape index (κ2) is 6.06. The number of nitrogens with one attached hydrogen (secondary N) is 1. The molecular weight excluding hydrogens is 248 g/mol. The maximum atomic E-state index is 13.3. The van der Waals surface area contributed by atoms with Gasteiger partial charge in [-0.3, -0.25) is 4.79 Å². The molecule has 0 radical (unpaired) electrons. The normalized spacial score (nSPS) is 10.2. The van der Waals surface area contributed by atoms with Gasteiger partial charge in [0.1, 0.15) is 17.2 Å². The SMILES string of the molecule is COCCNC(=O)c1cc(F)c(C(=O)O)c(F)c1. The number of amides is 1. The lowest BCUT2D eigenvalue weighted by Gasteiger charge is -2.06. The zero-order valence-corrected chi connectivity index (χ0v) is 9.50. The maximum absolute atomic E-state index is 13.3. The molecule has 0 saturated carbocycles. The van der Waals surface area contributed by atoms with Crippen molar-refractivity contribution in [3.05, 3.63) is 34.9 Å². The zero-order chi connectivity index (χ0) is 13.7. The van der Waals surface area contributed by atoms with Crippen LogP contribution in [0.3, 0.4) is 0 Å². The Bertz CT molecular complexity index is 453. The van der Waals surface area contributed by atoms with Crippen LogP contribution in [0, 0.1) is 11.6 Å². The molecule has 0 fully saturated rings. The zero-order valence-electron chi connectivity index (χ0n) is 9.50. The largest absolute Gasteiger partial charge is 0.477 e. The van der Waals surface area contributed by atoms with Crippen LogP contribution in [-0.2, 0) is 4.74 Å². The molecule has 98 valence electrons. The molecule has 0 atom stereocenters. The molecule has 2 N–H and O–H groups in total. The molecule has 0 unspecified atom stereocenters. The summed E-state index contributed by atoms with van der Waals surface area (Å²) in [6.45, 7) is 0.434. The van der Waals surface area contributed by atoms with Crippen molar-refractivity contribution in [2.45, 2.75) is 0 Å². The highest BCUT2D eigenvalue weighted by Gasteiger charge is 2.19. The van der Waals surface area contributed by atoms with E-state index in [0.717, 1.165) is 0 Å². The topological polar surface area (TPSA) is 75.6 Å². The van der Waals surface area contributed by atoms with Gasteiger partial charge in [-0.1, -0.05) is 0 Å². The molecule has 0 aliphatic heterocycles. The third-order valence-corrected chi connectivity index (χ3v) is 2.11. The predicted molar refractivity (Wildman–Crippen MR) is 57.5 cm³/mol. The molecule has 0 bridgehead atoms. The number of carbonyl (C=O) groups is 2. The number of carbonyl (C=O) groups excluding carboxylic acids is 1. The average molecular weight is 259 g/mol. The molecule has 0 aliphatic carbocycles. The van der Waals surface area contributed by atoms with Crippen LogP contribution >= 0.6 is 0 Å². The third kappa shape index (κ3) is 3.24. The maximum Gasteiger partial charge on any atom is 0.341 e. The fraction of sp³-hybridized carbons (Fsp3) is 0.273. The highest BCUT2D eigenvalue weighted by atomic mass is 19.1. The van der Waals surface area contributed by atoms with Gasteiger partial charge >= 0.3 is 5.97 Å². The molecule has 1 amide bonds.